The molecule has 0 aliphatic carbocycles. The van der Waals surface area contributed by atoms with Crippen LogP contribution >= 0.6 is 0 Å². The summed E-state index contributed by atoms with van der Waals surface area (Å²) in [7, 11) is 0. The quantitative estimate of drug-likeness (QED) is 0.855. The van der Waals surface area contributed by atoms with Crippen LogP contribution in [0.1, 0.15) is 43.9 Å². The van der Waals surface area contributed by atoms with Crippen molar-refractivity contribution in [2.45, 2.75) is 44.8 Å². The second-order valence-electron chi connectivity index (χ2n) is 6.91. The molecule has 5 heteroatoms. The zero-order valence-electron chi connectivity index (χ0n) is 14.5. The van der Waals surface area contributed by atoms with Gasteiger partial charge in [-0.1, -0.05) is 32.0 Å². The number of aliphatic hydroxyl groups is 1. The van der Waals surface area contributed by atoms with Crippen molar-refractivity contribution in [3.8, 4) is 5.69 Å². The maximum Gasteiger partial charge on any atom is 0.0815 e. The molecule has 0 atom stereocenters. The summed E-state index contributed by atoms with van der Waals surface area (Å²) in [5.74, 6) is 0.359. The Bertz CT molecular complexity index is 646. The maximum atomic E-state index is 10.5. The summed E-state index contributed by atoms with van der Waals surface area (Å²) in [6, 6.07) is 10.2. The van der Waals surface area contributed by atoms with E-state index in [1.807, 2.05) is 22.9 Å². The van der Waals surface area contributed by atoms with Crippen molar-refractivity contribution in [3.05, 3.63) is 47.8 Å². The van der Waals surface area contributed by atoms with Crippen molar-refractivity contribution in [1.82, 2.24) is 15.1 Å². The summed E-state index contributed by atoms with van der Waals surface area (Å²) in [5, 5.41) is 18.7. The zero-order chi connectivity index (χ0) is 17.0. The van der Waals surface area contributed by atoms with E-state index >= 15 is 0 Å². The molecule has 0 radical (unpaired) electrons. The van der Waals surface area contributed by atoms with E-state index in [4.69, 9.17) is 9.84 Å². The van der Waals surface area contributed by atoms with Crippen LogP contribution in [0.3, 0.4) is 0 Å². The van der Waals surface area contributed by atoms with E-state index in [1.165, 1.54) is 5.56 Å². The molecule has 1 saturated heterocycles. The fraction of sp³-hybridized carbons (Fsp3) is 0.526. The molecule has 0 amide bonds. The second-order valence-corrected chi connectivity index (χ2v) is 6.91. The van der Waals surface area contributed by atoms with Crippen LogP contribution in [-0.2, 0) is 11.3 Å². The molecule has 1 aliphatic rings. The second kappa shape index (κ2) is 7.47. The van der Waals surface area contributed by atoms with Crippen molar-refractivity contribution in [2.75, 3.05) is 19.8 Å². The molecule has 3 rings (SSSR count). The first-order chi connectivity index (χ1) is 11.6. The lowest BCUT2D eigenvalue weighted by molar-refractivity contribution is -0.0617. The van der Waals surface area contributed by atoms with Gasteiger partial charge in [-0.3, -0.25) is 0 Å². The van der Waals surface area contributed by atoms with Gasteiger partial charge in [0.2, 0.25) is 0 Å². The molecule has 0 saturated carbocycles. The number of para-hydroxylation sites is 1. The van der Waals surface area contributed by atoms with Crippen molar-refractivity contribution < 1.29 is 9.84 Å². The van der Waals surface area contributed by atoms with Crippen LogP contribution in [0.15, 0.2) is 36.5 Å². The summed E-state index contributed by atoms with van der Waals surface area (Å²) in [6.45, 7) is 6.90. The molecule has 2 N–H and O–H groups in total. The number of nitrogens with zero attached hydrogens (tertiary/aromatic N) is 2. The summed E-state index contributed by atoms with van der Waals surface area (Å²) in [4.78, 5) is 0. The van der Waals surface area contributed by atoms with Crippen LogP contribution in [0, 0.1) is 0 Å². The van der Waals surface area contributed by atoms with Crippen LogP contribution < -0.4 is 5.32 Å². The Morgan fingerprint density at radius 2 is 1.96 bits per heavy atom. The number of hydrogen-bond donors (Lipinski definition) is 2. The highest BCUT2D eigenvalue weighted by Gasteiger charge is 2.29. The fourth-order valence-electron chi connectivity index (χ4n) is 3.12. The van der Waals surface area contributed by atoms with Gasteiger partial charge in [-0.05, 0) is 18.1 Å². The first-order valence-electron chi connectivity index (χ1n) is 8.72. The summed E-state index contributed by atoms with van der Waals surface area (Å²) < 4.78 is 7.27. The van der Waals surface area contributed by atoms with Gasteiger partial charge in [0.1, 0.15) is 0 Å². The van der Waals surface area contributed by atoms with Gasteiger partial charge < -0.3 is 15.2 Å². The lowest BCUT2D eigenvalue weighted by atomic mass is 9.94. The highest BCUT2D eigenvalue weighted by Crippen LogP contribution is 2.22. The molecular formula is C19H27N3O2. The summed E-state index contributed by atoms with van der Waals surface area (Å²) >= 11 is 0. The van der Waals surface area contributed by atoms with Crippen molar-refractivity contribution >= 4 is 0 Å². The minimum Gasteiger partial charge on any atom is -0.388 e. The monoisotopic (exact) mass is 329 g/mol. The van der Waals surface area contributed by atoms with Gasteiger partial charge in [0, 0.05) is 50.9 Å². The van der Waals surface area contributed by atoms with Gasteiger partial charge in [-0.15, -0.1) is 0 Å². The van der Waals surface area contributed by atoms with E-state index < -0.39 is 5.60 Å². The van der Waals surface area contributed by atoms with Gasteiger partial charge in [0.15, 0.2) is 0 Å². The van der Waals surface area contributed by atoms with Gasteiger partial charge >= 0.3 is 0 Å². The predicted molar refractivity (Wildman–Crippen MR) is 94.4 cm³/mol. The fourth-order valence-corrected chi connectivity index (χ4v) is 3.12. The Hall–Kier alpha value is -1.69. The highest BCUT2D eigenvalue weighted by atomic mass is 16.5. The number of aromatic nitrogens is 2. The molecule has 2 aromatic rings. The van der Waals surface area contributed by atoms with Gasteiger partial charge in [0.05, 0.1) is 17.0 Å². The standard InChI is InChI=1S/C19H27N3O2/c1-15(2)18-16(12-20-14-19(23)8-10-24-11-9-19)13-22(21-18)17-6-4-3-5-7-17/h3-7,13,15,20,23H,8-12,14H2,1-2H3. The smallest absolute Gasteiger partial charge is 0.0815 e. The molecule has 0 unspecified atom stereocenters. The van der Waals surface area contributed by atoms with Crippen LogP contribution in [0.5, 0.6) is 0 Å². The third kappa shape index (κ3) is 4.04. The minimum absolute atomic E-state index is 0.359. The molecule has 1 aromatic heterocycles. The van der Waals surface area contributed by atoms with E-state index in [0.29, 0.717) is 45.1 Å². The Balaban J connectivity index is 1.69. The molecule has 24 heavy (non-hydrogen) atoms. The number of hydrogen-bond acceptors (Lipinski definition) is 4. The van der Waals surface area contributed by atoms with Crippen LogP contribution in [0.2, 0.25) is 0 Å². The molecule has 1 aromatic carbocycles. The molecule has 1 fully saturated rings. The predicted octanol–water partition coefficient (Wildman–Crippen LogP) is 2.63. The van der Waals surface area contributed by atoms with E-state index in [9.17, 15) is 5.11 Å². The van der Waals surface area contributed by atoms with E-state index in [-0.39, 0.29) is 0 Å². The molecule has 5 nitrogen and oxygen atoms in total. The first-order valence-corrected chi connectivity index (χ1v) is 8.72. The van der Waals surface area contributed by atoms with Crippen molar-refractivity contribution in [3.63, 3.8) is 0 Å². The lowest BCUT2D eigenvalue weighted by Crippen LogP contribution is -2.44. The SMILES string of the molecule is CC(C)c1nn(-c2ccccc2)cc1CNCC1(O)CCOCC1. The highest BCUT2D eigenvalue weighted by molar-refractivity contribution is 5.33. The van der Waals surface area contributed by atoms with Gasteiger partial charge in [-0.25, -0.2) is 4.68 Å². The van der Waals surface area contributed by atoms with Gasteiger partial charge in [-0.2, -0.15) is 5.10 Å². The normalized spacial score (nSPS) is 17.3. The topological polar surface area (TPSA) is 59.3 Å². The molecular weight excluding hydrogens is 302 g/mol. The number of nitrogens with one attached hydrogen (secondary N) is 1. The number of ether oxygens (including phenoxy) is 1. The van der Waals surface area contributed by atoms with Crippen LogP contribution in [-0.4, -0.2) is 40.2 Å². The minimum atomic E-state index is -0.647. The van der Waals surface area contributed by atoms with Crippen molar-refractivity contribution in [1.29, 1.82) is 0 Å². The average molecular weight is 329 g/mol. The van der Waals surface area contributed by atoms with Crippen LogP contribution in [0.25, 0.3) is 5.69 Å². The van der Waals surface area contributed by atoms with Crippen LogP contribution in [0.4, 0.5) is 0 Å². The third-order valence-corrected chi connectivity index (χ3v) is 4.58. The number of rotatable bonds is 6. The van der Waals surface area contributed by atoms with E-state index in [0.717, 1.165) is 11.4 Å². The van der Waals surface area contributed by atoms with E-state index in [1.54, 1.807) is 0 Å². The lowest BCUT2D eigenvalue weighted by Gasteiger charge is -2.32. The largest absolute Gasteiger partial charge is 0.388 e. The molecule has 0 spiro atoms. The Kier molecular flexibility index (Phi) is 5.33. The first kappa shape index (κ1) is 17.1. The van der Waals surface area contributed by atoms with Crippen molar-refractivity contribution in [2.24, 2.45) is 0 Å². The molecule has 130 valence electrons. The maximum absolute atomic E-state index is 10.5. The number of benzene rings is 1. The summed E-state index contributed by atoms with van der Waals surface area (Å²) in [5.41, 5.74) is 2.70. The Morgan fingerprint density at radius 3 is 2.62 bits per heavy atom. The summed E-state index contributed by atoms with van der Waals surface area (Å²) in [6.07, 6.45) is 3.48. The molecule has 0 bridgehead atoms. The molecule has 2 heterocycles. The zero-order valence-corrected chi connectivity index (χ0v) is 14.5. The van der Waals surface area contributed by atoms with E-state index in [2.05, 4.69) is 37.5 Å². The van der Waals surface area contributed by atoms with Gasteiger partial charge in [0.25, 0.3) is 0 Å². The Morgan fingerprint density at radius 1 is 1.25 bits per heavy atom. The Labute approximate surface area is 143 Å². The molecule has 1 aliphatic heterocycles. The average Bonchev–Trinajstić information content (AvgIpc) is 3.01. The third-order valence-electron chi connectivity index (χ3n) is 4.58.